The second-order valence-electron chi connectivity index (χ2n) is 7.46. The van der Waals surface area contributed by atoms with Crippen LogP contribution in [0.5, 0.6) is 0 Å². The zero-order chi connectivity index (χ0) is 19.2. The van der Waals surface area contributed by atoms with E-state index in [1.807, 2.05) is 4.90 Å². The van der Waals surface area contributed by atoms with Crippen molar-refractivity contribution in [3.63, 3.8) is 0 Å². The quantitative estimate of drug-likeness (QED) is 0.788. The summed E-state index contributed by atoms with van der Waals surface area (Å²) in [6.07, 6.45) is 5.36. The predicted octanol–water partition coefficient (Wildman–Crippen LogP) is 0.736. The van der Waals surface area contributed by atoms with Crippen molar-refractivity contribution in [3.8, 4) is 0 Å². The van der Waals surface area contributed by atoms with Crippen molar-refractivity contribution in [2.75, 3.05) is 44.7 Å². The van der Waals surface area contributed by atoms with Crippen LogP contribution >= 0.6 is 0 Å². The minimum Gasteiger partial charge on any atom is -0.378 e. The SMILES string of the molecule is CC(C)NC1CCCN(C(=O)Nc2cnn(CC(=O)N3CCOCC3)c2)C1. The Bertz CT molecular complexity index is 641. The normalized spacial score (nSPS) is 20.8. The average Bonchev–Trinajstić information content (AvgIpc) is 3.09. The zero-order valence-corrected chi connectivity index (χ0v) is 16.2. The number of ether oxygens (including phenoxy) is 1. The van der Waals surface area contributed by atoms with E-state index >= 15 is 0 Å². The molecule has 1 aromatic heterocycles. The summed E-state index contributed by atoms with van der Waals surface area (Å²) in [6, 6.07) is 0.614. The first-order valence-corrected chi connectivity index (χ1v) is 9.71. The van der Waals surface area contributed by atoms with E-state index in [4.69, 9.17) is 4.74 Å². The number of carbonyl (C=O) groups is 2. The van der Waals surface area contributed by atoms with Gasteiger partial charge in [0.1, 0.15) is 6.54 Å². The molecule has 0 radical (unpaired) electrons. The summed E-state index contributed by atoms with van der Waals surface area (Å²) in [5.41, 5.74) is 0.605. The molecule has 2 N–H and O–H groups in total. The van der Waals surface area contributed by atoms with E-state index in [9.17, 15) is 9.59 Å². The Morgan fingerprint density at radius 3 is 2.78 bits per heavy atom. The van der Waals surface area contributed by atoms with E-state index in [0.29, 0.717) is 50.6 Å². The number of carbonyl (C=O) groups excluding carboxylic acids is 2. The average molecular weight is 378 g/mol. The number of nitrogens with zero attached hydrogens (tertiary/aromatic N) is 4. The third-order valence-electron chi connectivity index (χ3n) is 4.82. The molecule has 9 heteroatoms. The summed E-state index contributed by atoms with van der Waals surface area (Å²) >= 11 is 0. The molecule has 1 aromatic rings. The van der Waals surface area contributed by atoms with E-state index in [-0.39, 0.29) is 18.5 Å². The van der Waals surface area contributed by atoms with E-state index in [1.165, 1.54) is 0 Å². The van der Waals surface area contributed by atoms with Crippen LogP contribution in [0.25, 0.3) is 0 Å². The highest BCUT2D eigenvalue weighted by Gasteiger charge is 2.24. The lowest BCUT2D eigenvalue weighted by Gasteiger charge is -2.34. The van der Waals surface area contributed by atoms with Gasteiger partial charge in [-0.05, 0) is 12.8 Å². The lowest BCUT2D eigenvalue weighted by Crippen LogP contribution is -2.50. The summed E-state index contributed by atoms with van der Waals surface area (Å²) < 4.78 is 6.82. The molecule has 2 aliphatic heterocycles. The molecule has 2 aliphatic rings. The minimum atomic E-state index is -0.121. The molecular formula is C18H30N6O3. The molecule has 0 aromatic carbocycles. The van der Waals surface area contributed by atoms with Crippen LogP contribution in [0.15, 0.2) is 12.4 Å². The van der Waals surface area contributed by atoms with Gasteiger partial charge in [-0.2, -0.15) is 5.10 Å². The Labute approximate surface area is 160 Å². The van der Waals surface area contributed by atoms with Crippen LogP contribution in [0.1, 0.15) is 26.7 Å². The van der Waals surface area contributed by atoms with Crippen molar-refractivity contribution in [1.82, 2.24) is 24.9 Å². The molecule has 1 unspecified atom stereocenters. The highest BCUT2D eigenvalue weighted by atomic mass is 16.5. The first-order valence-electron chi connectivity index (χ1n) is 9.71. The van der Waals surface area contributed by atoms with Gasteiger partial charge in [0.2, 0.25) is 5.91 Å². The Kier molecular flexibility index (Phi) is 6.68. The lowest BCUT2D eigenvalue weighted by molar-refractivity contribution is -0.136. The monoisotopic (exact) mass is 378 g/mol. The second kappa shape index (κ2) is 9.18. The standard InChI is InChI=1S/C18H30N6O3/c1-14(2)20-15-4-3-5-23(11-15)18(26)21-16-10-19-24(12-16)13-17(25)22-6-8-27-9-7-22/h10,12,14-15,20H,3-9,11,13H2,1-2H3,(H,21,26). The fraction of sp³-hybridized carbons (Fsp3) is 0.722. The summed E-state index contributed by atoms with van der Waals surface area (Å²) in [5.74, 6) is 0.0120. The molecule has 0 aliphatic carbocycles. The van der Waals surface area contributed by atoms with Crippen molar-refractivity contribution in [2.24, 2.45) is 0 Å². The highest BCUT2D eigenvalue weighted by molar-refractivity contribution is 5.89. The van der Waals surface area contributed by atoms with Gasteiger partial charge in [0.05, 0.1) is 25.1 Å². The van der Waals surface area contributed by atoms with Crippen molar-refractivity contribution in [3.05, 3.63) is 12.4 Å². The third kappa shape index (κ3) is 5.67. The number of rotatable bonds is 5. The molecular weight excluding hydrogens is 348 g/mol. The van der Waals surface area contributed by atoms with Gasteiger partial charge < -0.3 is 25.2 Å². The maximum absolute atomic E-state index is 12.5. The molecule has 150 valence electrons. The summed E-state index contributed by atoms with van der Waals surface area (Å²) in [7, 11) is 0. The van der Waals surface area contributed by atoms with Crippen molar-refractivity contribution in [2.45, 2.75) is 45.3 Å². The molecule has 0 bridgehead atoms. The summed E-state index contributed by atoms with van der Waals surface area (Å²) in [6.45, 7) is 8.24. The highest BCUT2D eigenvalue weighted by Crippen LogP contribution is 2.13. The van der Waals surface area contributed by atoms with Crippen LogP contribution in [-0.4, -0.2) is 83.0 Å². The maximum atomic E-state index is 12.5. The van der Waals surface area contributed by atoms with E-state index in [2.05, 4.69) is 29.6 Å². The van der Waals surface area contributed by atoms with Gasteiger partial charge in [0.15, 0.2) is 0 Å². The molecule has 3 heterocycles. The number of urea groups is 1. The minimum absolute atomic E-state index is 0.0120. The number of anilines is 1. The number of nitrogens with one attached hydrogen (secondary N) is 2. The van der Waals surface area contributed by atoms with Crippen LogP contribution in [0, 0.1) is 0 Å². The van der Waals surface area contributed by atoms with E-state index in [1.54, 1.807) is 22.0 Å². The van der Waals surface area contributed by atoms with Gasteiger partial charge in [-0.3, -0.25) is 9.48 Å². The van der Waals surface area contributed by atoms with E-state index in [0.717, 1.165) is 19.4 Å². The van der Waals surface area contributed by atoms with Gasteiger partial charge in [0.25, 0.3) is 0 Å². The van der Waals surface area contributed by atoms with Gasteiger partial charge in [-0.25, -0.2) is 4.79 Å². The Morgan fingerprint density at radius 2 is 2.04 bits per heavy atom. The van der Waals surface area contributed by atoms with Gasteiger partial charge in [-0.1, -0.05) is 13.8 Å². The van der Waals surface area contributed by atoms with Crippen molar-refractivity contribution < 1.29 is 14.3 Å². The van der Waals surface area contributed by atoms with Crippen LogP contribution in [0.3, 0.4) is 0 Å². The Balaban J connectivity index is 1.49. The maximum Gasteiger partial charge on any atom is 0.321 e. The van der Waals surface area contributed by atoms with Gasteiger partial charge in [-0.15, -0.1) is 0 Å². The fourth-order valence-electron chi connectivity index (χ4n) is 3.54. The number of morpholine rings is 1. The largest absolute Gasteiger partial charge is 0.378 e. The predicted molar refractivity (Wildman–Crippen MR) is 102 cm³/mol. The Hall–Kier alpha value is -2.13. The number of hydrogen-bond donors (Lipinski definition) is 2. The van der Waals surface area contributed by atoms with Crippen molar-refractivity contribution >= 4 is 17.6 Å². The molecule has 0 spiro atoms. The molecule has 3 amide bonds. The van der Waals surface area contributed by atoms with Crippen LogP contribution in [-0.2, 0) is 16.1 Å². The van der Waals surface area contributed by atoms with Gasteiger partial charge in [0, 0.05) is 44.5 Å². The smallest absolute Gasteiger partial charge is 0.321 e. The molecule has 2 fully saturated rings. The second-order valence-corrected chi connectivity index (χ2v) is 7.46. The zero-order valence-electron chi connectivity index (χ0n) is 16.2. The number of likely N-dealkylation sites (tertiary alicyclic amines) is 1. The molecule has 3 rings (SSSR count). The van der Waals surface area contributed by atoms with Crippen LogP contribution in [0.2, 0.25) is 0 Å². The van der Waals surface area contributed by atoms with Crippen molar-refractivity contribution in [1.29, 1.82) is 0 Å². The third-order valence-corrected chi connectivity index (χ3v) is 4.82. The number of aromatic nitrogens is 2. The number of amides is 3. The Morgan fingerprint density at radius 1 is 1.26 bits per heavy atom. The van der Waals surface area contributed by atoms with Gasteiger partial charge >= 0.3 is 6.03 Å². The number of hydrogen-bond acceptors (Lipinski definition) is 5. The lowest BCUT2D eigenvalue weighted by atomic mass is 10.1. The number of piperidine rings is 1. The first-order chi connectivity index (χ1) is 13.0. The van der Waals surface area contributed by atoms with Crippen LogP contribution < -0.4 is 10.6 Å². The summed E-state index contributed by atoms with van der Waals surface area (Å²) in [5, 5.41) is 10.6. The molecule has 0 saturated carbocycles. The van der Waals surface area contributed by atoms with E-state index < -0.39 is 0 Å². The van der Waals surface area contributed by atoms with Crippen LogP contribution in [0.4, 0.5) is 10.5 Å². The molecule has 27 heavy (non-hydrogen) atoms. The molecule has 2 saturated heterocycles. The summed E-state index contributed by atoms with van der Waals surface area (Å²) in [4.78, 5) is 28.4. The molecule has 1 atom stereocenters. The molecule has 9 nitrogen and oxygen atoms in total. The fourth-order valence-corrected chi connectivity index (χ4v) is 3.54. The first kappa shape index (κ1) is 19.6. The topological polar surface area (TPSA) is 91.7 Å².